The molecular weight excluding hydrogens is 254 g/mol. The molecule has 0 radical (unpaired) electrons. The summed E-state index contributed by atoms with van der Waals surface area (Å²) in [5, 5.41) is 3.32. The first-order valence-corrected chi connectivity index (χ1v) is 6.92. The van der Waals surface area contributed by atoms with Crippen molar-refractivity contribution in [2.45, 2.75) is 26.3 Å². The summed E-state index contributed by atoms with van der Waals surface area (Å²) in [6, 6.07) is 5.49. The minimum atomic E-state index is -0.345. The molecule has 0 heterocycles. The molecule has 0 bridgehead atoms. The van der Waals surface area contributed by atoms with Gasteiger partial charge in [0, 0.05) is 6.04 Å². The lowest BCUT2D eigenvalue weighted by molar-refractivity contribution is 0.0527. The van der Waals surface area contributed by atoms with Gasteiger partial charge in [0.1, 0.15) is 0 Å². The zero-order valence-electron chi connectivity index (χ0n) is 12.8. The van der Waals surface area contributed by atoms with E-state index in [2.05, 4.69) is 17.1 Å². The zero-order valence-corrected chi connectivity index (χ0v) is 12.8. The number of para-hydroxylation sites is 1. The van der Waals surface area contributed by atoms with Crippen molar-refractivity contribution in [3.63, 3.8) is 0 Å². The lowest BCUT2D eigenvalue weighted by atomic mass is 10.1. The quantitative estimate of drug-likeness (QED) is 0.591. The molecule has 5 heteroatoms. The van der Waals surface area contributed by atoms with Crippen LogP contribution in [-0.2, 0) is 4.74 Å². The fourth-order valence-electron chi connectivity index (χ4n) is 1.88. The van der Waals surface area contributed by atoms with Crippen LogP contribution in [0.3, 0.4) is 0 Å². The van der Waals surface area contributed by atoms with E-state index >= 15 is 0 Å². The molecule has 0 aliphatic carbocycles. The van der Waals surface area contributed by atoms with Gasteiger partial charge in [0.15, 0.2) is 0 Å². The predicted molar refractivity (Wildman–Crippen MR) is 83.1 cm³/mol. The average Bonchev–Trinajstić information content (AvgIpc) is 2.39. The Hall–Kier alpha value is -1.75. The van der Waals surface area contributed by atoms with E-state index in [1.54, 1.807) is 25.1 Å². The Morgan fingerprint density at radius 3 is 2.75 bits per heavy atom. The van der Waals surface area contributed by atoms with Crippen molar-refractivity contribution in [2.75, 3.05) is 38.3 Å². The molecule has 0 aliphatic heterocycles. The molecule has 112 valence electrons. The maximum absolute atomic E-state index is 11.9. The van der Waals surface area contributed by atoms with E-state index in [9.17, 15) is 4.79 Å². The summed E-state index contributed by atoms with van der Waals surface area (Å²) in [6.45, 7) is 5.18. The molecule has 0 fully saturated rings. The Morgan fingerprint density at radius 1 is 1.45 bits per heavy atom. The normalized spacial score (nSPS) is 12.2. The number of nitrogens with two attached hydrogens (primary N) is 1. The van der Waals surface area contributed by atoms with E-state index in [4.69, 9.17) is 10.5 Å². The van der Waals surface area contributed by atoms with E-state index in [1.165, 1.54) is 0 Å². The minimum Gasteiger partial charge on any atom is -0.462 e. The first kappa shape index (κ1) is 16.3. The van der Waals surface area contributed by atoms with Gasteiger partial charge < -0.3 is 20.7 Å². The molecular formula is C15H25N3O2. The van der Waals surface area contributed by atoms with Gasteiger partial charge in [-0.3, -0.25) is 0 Å². The van der Waals surface area contributed by atoms with E-state index in [0.29, 0.717) is 23.5 Å². The Balaban J connectivity index is 2.84. The predicted octanol–water partition coefficient (Wildman–Crippen LogP) is 2.20. The first-order chi connectivity index (χ1) is 9.45. The number of carbonyl (C=O) groups excluding carboxylic acids is 1. The van der Waals surface area contributed by atoms with Crippen LogP contribution in [0.2, 0.25) is 0 Å². The van der Waals surface area contributed by atoms with Gasteiger partial charge in [-0.15, -0.1) is 0 Å². The van der Waals surface area contributed by atoms with Crippen molar-refractivity contribution in [3.8, 4) is 0 Å². The van der Waals surface area contributed by atoms with Gasteiger partial charge in [-0.1, -0.05) is 6.07 Å². The fraction of sp³-hybridized carbons (Fsp3) is 0.533. The largest absolute Gasteiger partial charge is 0.462 e. The maximum Gasteiger partial charge on any atom is 0.340 e. The van der Waals surface area contributed by atoms with Crippen LogP contribution in [0.1, 0.15) is 30.6 Å². The van der Waals surface area contributed by atoms with E-state index < -0.39 is 0 Å². The monoisotopic (exact) mass is 279 g/mol. The number of carbonyl (C=O) groups is 1. The van der Waals surface area contributed by atoms with Gasteiger partial charge in [-0.25, -0.2) is 4.79 Å². The molecule has 3 N–H and O–H groups in total. The molecule has 5 nitrogen and oxygen atoms in total. The molecule has 0 aliphatic rings. The molecule has 1 aromatic rings. The third-order valence-corrected chi connectivity index (χ3v) is 2.99. The molecule has 1 rings (SSSR count). The molecule has 0 saturated heterocycles. The number of esters is 1. The van der Waals surface area contributed by atoms with Gasteiger partial charge in [-0.2, -0.15) is 0 Å². The lowest BCUT2D eigenvalue weighted by Gasteiger charge is -2.20. The summed E-state index contributed by atoms with van der Waals surface area (Å²) in [7, 11) is 4.07. The van der Waals surface area contributed by atoms with Crippen LogP contribution < -0.4 is 11.1 Å². The Bertz CT molecular complexity index is 447. The van der Waals surface area contributed by atoms with Gasteiger partial charge in [0.25, 0.3) is 0 Å². The second-order valence-corrected chi connectivity index (χ2v) is 5.13. The summed E-state index contributed by atoms with van der Waals surface area (Å²) in [4.78, 5) is 14.1. The van der Waals surface area contributed by atoms with Crippen LogP contribution in [-0.4, -0.2) is 44.2 Å². The van der Waals surface area contributed by atoms with Crippen molar-refractivity contribution >= 4 is 17.3 Å². The number of hydrogen-bond acceptors (Lipinski definition) is 5. The summed E-state index contributed by atoms with van der Waals surface area (Å²) < 4.78 is 5.06. The number of anilines is 2. The van der Waals surface area contributed by atoms with Gasteiger partial charge in [0.05, 0.1) is 23.5 Å². The van der Waals surface area contributed by atoms with Crippen molar-refractivity contribution in [2.24, 2.45) is 0 Å². The van der Waals surface area contributed by atoms with Crippen LogP contribution in [0.25, 0.3) is 0 Å². The number of nitrogens with zero attached hydrogens (tertiary/aromatic N) is 1. The molecule has 1 atom stereocenters. The van der Waals surface area contributed by atoms with E-state index in [1.807, 2.05) is 14.1 Å². The Kier molecular flexibility index (Phi) is 6.31. The smallest absolute Gasteiger partial charge is 0.340 e. The molecule has 0 saturated carbocycles. The van der Waals surface area contributed by atoms with Gasteiger partial charge in [-0.05, 0) is 53.0 Å². The van der Waals surface area contributed by atoms with Crippen LogP contribution in [0.15, 0.2) is 18.2 Å². The second-order valence-electron chi connectivity index (χ2n) is 5.13. The standard InChI is InChI=1S/C15H25N3O2/c1-5-20-15(19)12-7-6-8-13(16)14(12)17-11(2)9-10-18(3)4/h6-8,11,17H,5,9-10,16H2,1-4H3. The third kappa shape index (κ3) is 4.74. The summed E-state index contributed by atoms with van der Waals surface area (Å²) >= 11 is 0. The molecule has 1 aromatic carbocycles. The second kappa shape index (κ2) is 7.75. The van der Waals surface area contributed by atoms with Gasteiger partial charge >= 0.3 is 5.97 Å². The molecule has 0 aromatic heterocycles. The van der Waals surface area contributed by atoms with Gasteiger partial charge in [0.2, 0.25) is 0 Å². The first-order valence-electron chi connectivity index (χ1n) is 6.92. The Labute approximate surface area is 121 Å². The maximum atomic E-state index is 11.9. The number of benzene rings is 1. The highest BCUT2D eigenvalue weighted by molar-refractivity contribution is 5.98. The number of nitrogens with one attached hydrogen (secondary N) is 1. The van der Waals surface area contributed by atoms with E-state index in [-0.39, 0.29) is 12.0 Å². The topological polar surface area (TPSA) is 67.6 Å². The highest BCUT2D eigenvalue weighted by Crippen LogP contribution is 2.25. The van der Waals surface area contributed by atoms with Crippen molar-refractivity contribution < 1.29 is 9.53 Å². The fourth-order valence-corrected chi connectivity index (χ4v) is 1.88. The molecule has 0 amide bonds. The number of nitrogen functional groups attached to an aromatic ring is 1. The third-order valence-electron chi connectivity index (χ3n) is 2.99. The highest BCUT2D eigenvalue weighted by atomic mass is 16.5. The van der Waals surface area contributed by atoms with Crippen molar-refractivity contribution in [3.05, 3.63) is 23.8 Å². The molecule has 1 unspecified atom stereocenters. The summed E-state index contributed by atoms with van der Waals surface area (Å²) in [6.07, 6.45) is 0.962. The number of ether oxygens (including phenoxy) is 1. The summed E-state index contributed by atoms with van der Waals surface area (Å²) in [5.41, 5.74) is 7.69. The van der Waals surface area contributed by atoms with Crippen LogP contribution in [0.5, 0.6) is 0 Å². The number of hydrogen-bond donors (Lipinski definition) is 2. The van der Waals surface area contributed by atoms with Crippen LogP contribution in [0, 0.1) is 0 Å². The number of rotatable bonds is 7. The Morgan fingerprint density at radius 2 is 2.15 bits per heavy atom. The molecule has 0 spiro atoms. The van der Waals surface area contributed by atoms with Crippen LogP contribution >= 0.6 is 0 Å². The average molecular weight is 279 g/mol. The van der Waals surface area contributed by atoms with Crippen LogP contribution in [0.4, 0.5) is 11.4 Å². The zero-order chi connectivity index (χ0) is 15.1. The van der Waals surface area contributed by atoms with E-state index in [0.717, 1.165) is 13.0 Å². The van der Waals surface area contributed by atoms with Crippen molar-refractivity contribution in [1.29, 1.82) is 0 Å². The lowest BCUT2D eigenvalue weighted by Crippen LogP contribution is -2.24. The molecule has 20 heavy (non-hydrogen) atoms. The SMILES string of the molecule is CCOC(=O)c1cccc(N)c1NC(C)CCN(C)C. The minimum absolute atomic E-state index is 0.218. The van der Waals surface area contributed by atoms with Crippen molar-refractivity contribution in [1.82, 2.24) is 4.90 Å². The highest BCUT2D eigenvalue weighted by Gasteiger charge is 2.16. The summed E-state index contributed by atoms with van der Waals surface area (Å²) in [5.74, 6) is -0.345.